The summed E-state index contributed by atoms with van der Waals surface area (Å²) in [6, 6.07) is 12.1. The van der Waals surface area contributed by atoms with Crippen molar-refractivity contribution in [3.63, 3.8) is 0 Å². The molecule has 0 aliphatic heterocycles. The van der Waals surface area contributed by atoms with Crippen molar-refractivity contribution < 1.29 is 31.8 Å². The highest BCUT2D eigenvalue weighted by Crippen LogP contribution is 2.28. The van der Waals surface area contributed by atoms with E-state index in [1.165, 1.54) is 18.2 Å². The van der Waals surface area contributed by atoms with E-state index in [1.807, 2.05) is 25.1 Å². The molecule has 2 aromatic carbocycles. The van der Waals surface area contributed by atoms with E-state index < -0.39 is 24.9 Å². The van der Waals surface area contributed by atoms with Crippen molar-refractivity contribution in [3.05, 3.63) is 65.2 Å². The van der Waals surface area contributed by atoms with Crippen LogP contribution in [0.15, 0.2) is 48.5 Å². The summed E-state index contributed by atoms with van der Waals surface area (Å²) in [7, 11) is 3.72. The van der Waals surface area contributed by atoms with Gasteiger partial charge in [0.05, 0.1) is 11.6 Å². The van der Waals surface area contributed by atoms with E-state index in [0.29, 0.717) is 18.7 Å². The number of rotatable bonds is 11. The Bertz CT molecular complexity index is 989. The van der Waals surface area contributed by atoms with Crippen molar-refractivity contribution in [3.8, 4) is 17.6 Å². The van der Waals surface area contributed by atoms with Gasteiger partial charge in [0.25, 0.3) is 0 Å². The topological polar surface area (TPSA) is 65.8 Å². The van der Waals surface area contributed by atoms with Crippen LogP contribution in [0.2, 0.25) is 0 Å². The lowest BCUT2D eigenvalue weighted by molar-refractivity contribution is -0.126. The molecule has 0 saturated heterocycles. The van der Waals surface area contributed by atoms with Gasteiger partial charge in [-0.2, -0.15) is 22.8 Å². The largest absolute Gasteiger partial charge is 0.435 e. The van der Waals surface area contributed by atoms with Gasteiger partial charge >= 0.3 is 13.2 Å². The Balaban J connectivity index is 2.23. The third-order valence-electron chi connectivity index (χ3n) is 4.42. The van der Waals surface area contributed by atoms with Crippen molar-refractivity contribution in [2.24, 2.45) is 0 Å². The van der Waals surface area contributed by atoms with Crippen LogP contribution in [0.3, 0.4) is 0 Å². The van der Waals surface area contributed by atoms with Crippen LogP contribution in [0.4, 0.5) is 17.6 Å². The zero-order valence-electron chi connectivity index (χ0n) is 18.1. The molecule has 2 rings (SSSR count). The van der Waals surface area contributed by atoms with Crippen molar-refractivity contribution >= 4 is 12.0 Å². The summed E-state index contributed by atoms with van der Waals surface area (Å²) in [5, 5.41) is 8.93. The van der Waals surface area contributed by atoms with Crippen LogP contribution in [0.25, 0.3) is 6.08 Å². The molecule has 0 radical (unpaired) electrons. The predicted octanol–water partition coefficient (Wildman–Crippen LogP) is 4.36. The number of hydrogen-bond acceptors (Lipinski definition) is 5. The Morgan fingerprint density at radius 1 is 1.03 bits per heavy atom. The Morgan fingerprint density at radius 3 is 2.27 bits per heavy atom. The quantitative estimate of drug-likeness (QED) is 0.364. The molecule has 1 amide bonds. The molecule has 0 aliphatic rings. The number of carbonyl (C=O) groups is 1. The van der Waals surface area contributed by atoms with Gasteiger partial charge in [0.2, 0.25) is 5.91 Å². The zero-order chi connectivity index (χ0) is 24.4. The summed E-state index contributed by atoms with van der Waals surface area (Å²) in [6.07, 6.45) is 2.47. The first-order chi connectivity index (χ1) is 15.7. The number of likely N-dealkylation sites (N-methyl/N-ethyl adjacent to an activating group) is 1. The Labute approximate surface area is 189 Å². The first-order valence-electron chi connectivity index (χ1n) is 9.82. The molecule has 0 heterocycles. The fourth-order valence-electron chi connectivity index (χ4n) is 2.79. The maximum atomic E-state index is 12.9. The smallest absolute Gasteiger partial charge is 0.387 e. The number of alkyl halides is 4. The lowest BCUT2D eigenvalue weighted by Crippen LogP contribution is -2.35. The van der Waals surface area contributed by atoms with Gasteiger partial charge in [-0.25, -0.2) is 0 Å². The summed E-state index contributed by atoms with van der Waals surface area (Å²) in [5.41, 5.74) is 1.40. The van der Waals surface area contributed by atoms with Gasteiger partial charge < -0.3 is 19.3 Å². The standard InChI is InChI=1S/C23H23F4N3O3/c1-29(2)11-12-30(15-17-5-3-16(14-28)4-6-17)21(31)10-8-18-7-9-19(32-22(24)25)13-20(18)33-23(26)27/h3-10,13,22-23H,11-12,15H2,1-2H3/b10-8+. The highest BCUT2D eigenvalue weighted by molar-refractivity contribution is 5.92. The first kappa shape index (κ1) is 25.7. The van der Waals surface area contributed by atoms with Gasteiger partial charge in [-0.1, -0.05) is 12.1 Å². The molecule has 2 aromatic rings. The maximum Gasteiger partial charge on any atom is 0.387 e. The third kappa shape index (κ3) is 8.82. The molecule has 0 spiro atoms. The minimum atomic E-state index is -3.19. The van der Waals surface area contributed by atoms with E-state index >= 15 is 0 Å². The second-order valence-electron chi connectivity index (χ2n) is 7.16. The number of halogens is 4. The lowest BCUT2D eigenvalue weighted by atomic mass is 10.1. The van der Waals surface area contributed by atoms with Gasteiger partial charge in [-0.15, -0.1) is 0 Å². The van der Waals surface area contributed by atoms with E-state index in [-0.39, 0.29) is 17.9 Å². The fourth-order valence-corrected chi connectivity index (χ4v) is 2.79. The second-order valence-corrected chi connectivity index (χ2v) is 7.16. The summed E-state index contributed by atoms with van der Waals surface area (Å²) >= 11 is 0. The van der Waals surface area contributed by atoms with Crippen LogP contribution in [0.1, 0.15) is 16.7 Å². The molecule has 0 saturated carbocycles. The van der Waals surface area contributed by atoms with Crippen LogP contribution in [-0.2, 0) is 11.3 Å². The molecule has 176 valence electrons. The predicted molar refractivity (Wildman–Crippen MR) is 114 cm³/mol. The van der Waals surface area contributed by atoms with Crippen LogP contribution >= 0.6 is 0 Å². The van der Waals surface area contributed by atoms with E-state index in [4.69, 9.17) is 5.26 Å². The molecule has 10 heteroatoms. The second kappa shape index (κ2) is 12.5. The number of nitrogens with zero attached hydrogens (tertiary/aromatic N) is 3. The molecule has 0 atom stereocenters. The van der Waals surface area contributed by atoms with Crippen LogP contribution < -0.4 is 9.47 Å². The van der Waals surface area contributed by atoms with Gasteiger partial charge in [-0.3, -0.25) is 4.79 Å². The average molecular weight is 465 g/mol. The van der Waals surface area contributed by atoms with Crippen molar-refractivity contribution in [1.82, 2.24) is 9.80 Å². The summed E-state index contributed by atoms with van der Waals surface area (Å²) < 4.78 is 58.9. The number of ether oxygens (including phenoxy) is 2. The average Bonchev–Trinajstić information content (AvgIpc) is 2.75. The van der Waals surface area contributed by atoms with Crippen molar-refractivity contribution in [2.75, 3.05) is 27.2 Å². The summed E-state index contributed by atoms with van der Waals surface area (Å²) in [6.45, 7) is -5.08. The number of amides is 1. The molecule has 0 N–H and O–H groups in total. The monoisotopic (exact) mass is 465 g/mol. The molecule has 0 unspecified atom stereocenters. The van der Waals surface area contributed by atoms with E-state index in [2.05, 4.69) is 9.47 Å². The number of hydrogen-bond donors (Lipinski definition) is 0. The fraction of sp³-hybridized carbons (Fsp3) is 0.304. The summed E-state index contributed by atoms with van der Waals surface area (Å²) in [5.74, 6) is -1.14. The van der Waals surface area contributed by atoms with Crippen molar-refractivity contribution in [2.45, 2.75) is 19.8 Å². The van der Waals surface area contributed by atoms with Gasteiger partial charge in [-0.05, 0) is 50.0 Å². The molecule has 0 bridgehead atoms. The van der Waals surface area contributed by atoms with Gasteiger partial charge in [0, 0.05) is 37.3 Å². The molecule has 0 aliphatic carbocycles. The number of benzene rings is 2. The van der Waals surface area contributed by atoms with Crippen LogP contribution in [-0.4, -0.2) is 56.1 Å². The number of carbonyl (C=O) groups excluding carboxylic acids is 1. The van der Waals surface area contributed by atoms with E-state index in [1.54, 1.807) is 29.2 Å². The van der Waals surface area contributed by atoms with Crippen LogP contribution in [0, 0.1) is 11.3 Å². The third-order valence-corrected chi connectivity index (χ3v) is 4.42. The molecular weight excluding hydrogens is 442 g/mol. The highest BCUT2D eigenvalue weighted by Gasteiger charge is 2.15. The molecular formula is C23H23F4N3O3. The maximum absolute atomic E-state index is 12.9. The minimum absolute atomic E-state index is 0.0937. The van der Waals surface area contributed by atoms with Crippen molar-refractivity contribution in [1.29, 1.82) is 5.26 Å². The number of nitriles is 1. The molecule has 6 nitrogen and oxygen atoms in total. The Kier molecular flexibility index (Phi) is 9.69. The normalized spacial score (nSPS) is 11.3. The van der Waals surface area contributed by atoms with Gasteiger partial charge in [0.1, 0.15) is 11.5 Å². The molecule has 0 aromatic heterocycles. The minimum Gasteiger partial charge on any atom is -0.435 e. The summed E-state index contributed by atoms with van der Waals surface area (Å²) in [4.78, 5) is 16.3. The Morgan fingerprint density at radius 2 is 1.70 bits per heavy atom. The molecule has 33 heavy (non-hydrogen) atoms. The first-order valence-corrected chi connectivity index (χ1v) is 9.82. The van der Waals surface area contributed by atoms with Gasteiger partial charge in [0.15, 0.2) is 0 Å². The SMILES string of the molecule is CN(C)CCN(Cc1ccc(C#N)cc1)C(=O)/C=C/c1ccc(OC(F)F)cc1OC(F)F. The molecule has 0 fully saturated rings. The lowest BCUT2D eigenvalue weighted by Gasteiger charge is -2.23. The van der Waals surface area contributed by atoms with E-state index in [9.17, 15) is 22.4 Å². The highest BCUT2D eigenvalue weighted by atomic mass is 19.3. The zero-order valence-corrected chi connectivity index (χ0v) is 18.1. The van der Waals surface area contributed by atoms with Crippen LogP contribution in [0.5, 0.6) is 11.5 Å². The van der Waals surface area contributed by atoms with E-state index in [0.717, 1.165) is 17.7 Å². The Hall–Kier alpha value is -3.58.